The number of carbonyl (C=O) groups excluding carboxylic acids is 2. The van der Waals surface area contributed by atoms with Crippen LogP contribution in [0.5, 0.6) is 0 Å². The average molecular weight is 453 g/mol. The molecule has 4 aliphatic rings. The standard InChI is InChI=1S/C24H41FN4O3/c1-15-6-7-21(25)20-13-22(27-23(15)20)24(32)26-17-4-3-5-18(12-17)28-9-8-19(14-28)29(10-11-30)16(2)31/h15,17-23,27,30H,3-14H2,1-2H3,(H,26,32)/t15?,17-,18-,19?,20?,21?,22?,23?/m1/s1. The number of likely N-dealkylation sites (tertiary alicyclic amines) is 1. The molecule has 0 bridgehead atoms. The van der Waals surface area contributed by atoms with Crippen LogP contribution in [0.25, 0.3) is 0 Å². The van der Waals surface area contributed by atoms with Gasteiger partial charge in [0.15, 0.2) is 0 Å². The lowest BCUT2D eigenvalue weighted by atomic mass is 9.77. The molecule has 2 saturated carbocycles. The fraction of sp³-hybridized carbons (Fsp3) is 0.917. The first-order valence-corrected chi connectivity index (χ1v) is 12.7. The Bertz CT molecular complexity index is 662. The van der Waals surface area contributed by atoms with Crippen LogP contribution in [0.4, 0.5) is 4.39 Å². The summed E-state index contributed by atoms with van der Waals surface area (Å²) in [6.45, 7) is 5.92. The van der Waals surface area contributed by atoms with Gasteiger partial charge in [-0.25, -0.2) is 4.39 Å². The monoisotopic (exact) mass is 452 g/mol. The highest BCUT2D eigenvalue weighted by molar-refractivity contribution is 5.82. The van der Waals surface area contributed by atoms with Crippen molar-refractivity contribution >= 4 is 11.8 Å². The molecule has 2 aliphatic carbocycles. The van der Waals surface area contributed by atoms with Crippen LogP contribution >= 0.6 is 0 Å². The van der Waals surface area contributed by atoms with Crippen LogP contribution in [0.1, 0.15) is 65.2 Å². The Balaban J connectivity index is 1.28. The van der Waals surface area contributed by atoms with Crippen LogP contribution < -0.4 is 10.6 Å². The lowest BCUT2D eigenvalue weighted by molar-refractivity contribution is -0.131. The minimum Gasteiger partial charge on any atom is -0.395 e. The highest BCUT2D eigenvalue weighted by atomic mass is 19.1. The second kappa shape index (κ2) is 10.3. The summed E-state index contributed by atoms with van der Waals surface area (Å²) < 4.78 is 14.4. The van der Waals surface area contributed by atoms with E-state index in [4.69, 9.17) is 0 Å². The molecule has 7 nitrogen and oxygen atoms in total. The Hall–Kier alpha value is -1.25. The average Bonchev–Trinajstić information content (AvgIpc) is 3.43. The van der Waals surface area contributed by atoms with Crippen molar-refractivity contribution < 1.29 is 19.1 Å². The van der Waals surface area contributed by atoms with E-state index < -0.39 is 6.17 Å². The molecule has 3 N–H and O–H groups in total. The molecule has 0 radical (unpaired) electrons. The van der Waals surface area contributed by atoms with E-state index in [1.165, 1.54) is 0 Å². The molecule has 182 valence electrons. The number of amides is 2. The maximum Gasteiger partial charge on any atom is 0.237 e. The second-order valence-electron chi connectivity index (χ2n) is 10.6. The normalized spacial score (nSPS) is 40.1. The van der Waals surface area contributed by atoms with Crippen molar-refractivity contribution in [2.24, 2.45) is 11.8 Å². The zero-order valence-corrected chi connectivity index (χ0v) is 19.6. The first kappa shape index (κ1) is 23.9. The summed E-state index contributed by atoms with van der Waals surface area (Å²) in [4.78, 5) is 29.2. The van der Waals surface area contributed by atoms with Gasteiger partial charge in [-0.3, -0.25) is 14.5 Å². The molecular weight excluding hydrogens is 411 g/mol. The Morgan fingerprint density at radius 1 is 1.19 bits per heavy atom. The summed E-state index contributed by atoms with van der Waals surface area (Å²) in [7, 11) is 0. The molecular formula is C24H41FN4O3. The number of alkyl halides is 1. The second-order valence-corrected chi connectivity index (χ2v) is 10.6. The lowest BCUT2D eigenvalue weighted by Crippen LogP contribution is -2.51. The van der Waals surface area contributed by atoms with Gasteiger partial charge < -0.3 is 20.6 Å². The van der Waals surface area contributed by atoms with E-state index in [1.807, 2.05) is 0 Å². The minimum atomic E-state index is -0.788. The van der Waals surface area contributed by atoms with E-state index in [2.05, 4.69) is 22.5 Å². The summed E-state index contributed by atoms with van der Waals surface area (Å²) in [6, 6.07) is 0.582. The van der Waals surface area contributed by atoms with E-state index in [0.717, 1.165) is 51.6 Å². The highest BCUT2D eigenvalue weighted by Crippen LogP contribution is 2.38. The fourth-order valence-electron chi connectivity index (χ4n) is 6.79. The molecule has 4 rings (SSSR count). The van der Waals surface area contributed by atoms with Crippen LogP contribution in [0, 0.1) is 11.8 Å². The first-order chi connectivity index (χ1) is 15.4. The quantitative estimate of drug-likeness (QED) is 0.568. The van der Waals surface area contributed by atoms with E-state index >= 15 is 0 Å². The van der Waals surface area contributed by atoms with Gasteiger partial charge in [-0.1, -0.05) is 6.92 Å². The number of fused-ring (bicyclic) bond motifs is 1. The van der Waals surface area contributed by atoms with Gasteiger partial charge in [0.2, 0.25) is 11.8 Å². The van der Waals surface area contributed by atoms with Crippen molar-refractivity contribution in [3.05, 3.63) is 0 Å². The number of rotatable bonds is 6. The number of aliphatic hydroxyl groups is 1. The SMILES string of the molecule is CC(=O)N(CCO)C1CCN([C@@H]2CCC[C@@H](NC(=O)C3CC4C(F)CCC(C)C4N3)C2)C1. The smallest absolute Gasteiger partial charge is 0.237 e. The number of hydrogen-bond acceptors (Lipinski definition) is 5. The zero-order valence-electron chi connectivity index (χ0n) is 19.6. The molecule has 32 heavy (non-hydrogen) atoms. The number of hydrogen-bond donors (Lipinski definition) is 3. The van der Waals surface area contributed by atoms with Gasteiger partial charge in [-0.15, -0.1) is 0 Å². The topological polar surface area (TPSA) is 84.9 Å². The van der Waals surface area contributed by atoms with Crippen molar-refractivity contribution in [3.63, 3.8) is 0 Å². The third-order valence-corrected chi connectivity index (χ3v) is 8.54. The van der Waals surface area contributed by atoms with E-state index in [1.54, 1.807) is 11.8 Å². The fourth-order valence-corrected chi connectivity index (χ4v) is 6.79. The van der Waals surface area contributed by atoms with E-state index in [9.17, 15) is 19.1 Å². The molecule has 2 saturated heterocycles. The molecule has 6 unspecified atom stereocenters. The maximum absolute atomic E-state index is 14.4. The predicted octanol–water partition coefficient (Wildman–Crippen LogP) is 1.44. The molecule has 0 aromatic carbocycles. The molecule has 0 aromatic heterocycles. The molecule has 2 amide bonds. The van der Waals surface area contributed by atoms with Crippen LogP contribution in [-0.2, 0) is 9.59 Å². The molecule has 4 fully saturated rings. The van der Waals surface area contributed by atoms with Crippen LogP contribution in [-0.4, -0.2) is 89.3 Å². The Morgan fingerprint density at radius 3 is 2.72 bits per heavy atom. The Labute approximate surface area is 191 Å². The summed E-state index contributed by atoms with van der Waals surface area (Å²) >= 11 is 0. The van der Waals surface area contributed by atoms with Crippen LogP contribution in [0.2, 0.25) is 0 Å². The third-order valence-electron chi connectivity index (χ3n) is 8.54. The molecule has 2 aliphatic heterocycles. The van der Waals surface area contributed by atoms with Crippen molar-refractivity contribution in [2.75, 3.05) is 26.2 Å². The van der Waals surface area contributed by atoms with Gasteiger partial charge in [0.25, 0.3) is 0 Å². The number of carbonyl (C=O) groups is 2. The maximum atomic E-state index is 14.4. The highest BCUT2D eigenvalue weighted by Gasteiger charge is 2.46. The Kier molecular flexibility index (Phi) is 7.73. The third kappa shape index (κ3) is 5.12. The summed E-state index contributed by atoms with van der Waals surface area (Å²) in [5, 5.41) is 16.0. The van der Waals surface area contributed by atoms with Crippen molar-refractivity contribution in [2.45, 2.75) is 102 Å². The van der Waals surface area contributed by atoms with Gasteiger partial charge in [-0.2, -0.15) is 0 Å². The van der Waals surface area contributed by atoms with Gasteiger partial charge in [0.05, 0.1) is 12.6 Å². The number of aliphatic hydroxyl groups excluding tert-OH is 1. The van der Waals surface area contributed by atoms with Crippen molar-refractivity contribution in [1.82, 2.24) is 20.4 Å². The molecule has 8 heteroatoms. The molecule has 0 aromatic rings. The van der Waals surface area contributed by atoms with Gasteiger partial charge in [0, 0.05) is 56.6 Å². The van der Waals surface area contributed by atoms with Crippen LogP contribution in [0.3, 0.4) is 0 Å². The lowest BCUT2D eigenvalue weighted by Gasteiger charge is -2.36. The summed E-state index contributed by atoms with van der Waals surface area (Å²) in [5.74, 6) is 0.453. The molecule has 8 atom stereocenters. The van der Waals surface area contributed by atoms with Gasteiger partial charge in [-0.05, 0) is 57.3 Å². The van der Waals surface area contributed by atoms with E-state index in [-0.39, 0.29) is 48.5 Å². The number of nitrogens with zero attached hydrogens (tertiary/aromatic N) is 2. The van der Waals surface area contributed by atoms with Crippen LogP contribution in [0.15, 0.2) is 0 Å². The summed E-state index contributed by atoms with van der Waals surface area (Å²) in [5.41, 5.74) is 0. The number of nitrogens with one attached hydrogen (secondary N) is 2. The minimum absolute atomic E-state index is 0.00748. The van der Waals surface area contributed by atoms with E-state index in [0.29, 0.717) is 31.3 Å². The van der Waals surface area contributed by atoms with Crippen molar-refractivity contribution in [3.8, 4) is 0 Å². The Morgan fingerprint density at radius 2 is 2.00 bits per heavy atom. The zero-order chi connectivity index (χ0) is 22.8. The molecule has 2 heterocycles. The number of halogens is 1. The molecule has 0 spiro atoms. The largest absolute Gasteiger partial charge is 0.395 e. The first-order valence-electron chi connectivity index (χ1n) is 12.7. The van der Waals surface area contributed by atoms with Gasteiger partial charge in [0.1, 0.15) is 6.17 Å². The van der Waals surface area contributed by atoms with Gasteiger partial charge >= 0.3 is 0 Å². The predicted molar refractivity (Wildman–Crippen MR) is 121 cm³/mol. The van der Waals surface area contributed by atoms with Crippen molar-refractivity contribution in [1.29, 1.82) is 0 Å². The summed E-state index contributed by atoms with van der Waals surface area (Å²) in [6.07, 6.45) is 6.39.